The van der Waals surface area contributed by atoms with Crippen LogP contribution < -0.4 is 0 Å². The van der Waals surface area contributed by atoms with Gasteiger partial charge < -0.3 is 0 Å². The zero-order valence-electron chi connectivity index (χ0n) is 7.83. The van der Waals surface area contributed by atoms with Crippen LogP contribution >= 0.6 is 11.6 Å². The van der Waals surface area contributed by atoms with E-state index in [9.17, 15) is 4.79 Å². The minimum absolute atomic E-state index is 0.0790. The highest BCUT2D eigenvalue weighted by Crippen LogP contribution is 2.18. The van der Waals surface area contributed by atoms with Gasteiger partial charge in [-0.1, -0.05) is 23.7 Å². The van der Waals surface area contributed by atoms with Crippen LogP contribution in [0.2, 0.25) is 5.02 Å². The summed E-state index contributed by atoms with van der Waals surface area (Å²) in [5.41, 5.74) is 0.497. The molecule has 1 aromatic rings. The van der Waals surface area contributed by atoms with Crippen molar-refractivity contribution in [2.75, 3.05) is 0 Å². The maximum Gasteiger partial charge on any atom is 0.165 e. The number of nitrogens with zero attached hydrogens (tertiary/aromatic N) is 1. The zero-order chi connectivity index (χ0) is 10.6. The van der Waals surface area contributed by atoms with E-state index in [1.807, 2.05) is 6.07 Å². The predicted octanol–water partition coefficient (Wildman–Crippen LogP) is 3.07. The molecule has 0 aliphatic rings. The van der Waals surface area contributed by atoms with E-state index in [1.165, 1.54) is 0 Å². The Labute approximate surface area is 88.1 Å². The van der Waals surface area contributed by atoms with Crippen molar-refractivity contribution >= 4 is 17.4 Å². The molecule has 1 atom stereocenters. The predicted molar refractivity (Wildman–Crippen MR) is 55.2 cm³/mol. The number of rotatable bonds is 3. The molecule has 1 aromatic carbocycles. The van der Waals surface area contributed by atoms with E-state index in [-0.39, 0.29) is 18.1 Å². The van der Waals surface area contributed by atoms with E-state index in [4.69, 9.17) is 16.9 Å². The fraction of sp³-hybridized carbons (Fsp3) is 0.273. The number of carbonyl (C=O) groups is 1. The third-order valence-electron chi connectivity index (χ3n) is 1.89. The van der Waals surface area contributed by atoms with Crippen molar-refractivity contribution in [1.82, 2.24) is 0 Å². The molecule has 0 aliphatic carbocycles. The van der Waals surface area contributed by atoms with Crippen LogP contribution in [0, 0.1) is 17.2 Å². The number of Topliss-reactive ketones (excluding diaryl/α,β-unsaturated/α-hetero) is 1. The van der Waals surface area contributed by atoms with Gasteiger partial charge in [-0.2, -0.15) is 5.26 Å². The number of carbonyl (C=O) groups excluding carboxylic acids is 1. The SMILES string of the molecule is CC(C#N)CC(=O)c1ccccc1Cl. The third kappa shape index (κ3) is 2.58. The highest BCUT2D eigenvalue weighted by molar-refractivity contribution is 6.33. The number of ketones is 1. The molecule has 0 fully saturated rings. The second kappa shape index (κ2) is 4.78. The Morgan fingerprint density at radius 2 is 2.21 bits per heavy atom. The van der Waals surface area contributed by atoms with Crippen LogP contribution in [-0.4, -0.2) is 5.78 Å². The van der Waals surface area contributed by atoms with Crippen molar-refractivity contribution < 1.29 is 4.79 Å². The molecule has 14 heavy (non-hydrogen) atoms. The fourth-order valence-corrected chi connectivity index (χ4v) is 1.36. The lowest BCUT2D eigenvalue weighted by molar-refractivity contribution is 0.0973. The summed E-state index contributed by atoms with van der Waals surface area (Å²) in [6, 6.07) is 8.90. The molecule has 0 bridgehead atoms. The normalized spacial score (nSPS) is 11.8. The first-order valence-electron chi connectivity index (χ1n) is 4.32. The molecule has 72 valence electrons. The van der Waals surface area contributed by atoms with Crippen molar-refractivity contribution in [1.29, 1.82) is 5.26 Å². The van der Waals surface area contributed by atoms with Crippen LogP contribution in [0.3, 0.4) is 0 Å². The average molecular weight is 208 g/mol. The monoisotopic (exact) mass is 207 g/mol. The maximum atomic E-state index is 11.6. The van der Waals surface area contributed by atoms with E-state index in [0.29, 0.717) is 10.6 Å². The number of hydrogen-bond acceptors (Lipinski definition) is 2. The summed E-state index contributed by atoms with van der Waals surface area (Å²) < 4.78 is 0. The molecule has 0 saturated heterocycles. The van der Waals surface area contributed by atoms with E-state index in [0.717, 1.165) is 0 Å². The summed E-state index contributed by atoms with van der Waals surface area (Å²) in [5, 5.41) is 9.01. The second-order valence-corrected chi connectivity index (χ2v) is 3.54. The van der Waals surface area contributed by atoms with Crippen molar-refractivity contribution in [2.24, 2.45) is 5.92 Å². The molecular formula is C11H10ClNO. The lowest BCUT2D eigenvalue weighted by atomic mass is 10.0. The summed E-state index contributed by atoms with van der Waals surface area (Å²) >= 11 is 5.84. The standard InChI is InChI=1S/C11H10ClNO/c1-8(7-13)6-11(14)9-4-2-3-5-10(9)12/h2-5,8H,6H2,1H3. The van der Waals surface area contributed by atoms with Crippen LogP contribution in [0.25, 0.3) is 0 Å². The smallest absolute Gasteiger partial charge is 0.165 e. The van der Waals surface area contributed by atoms with Crippen molar-refractivity contribution in [3.63, 3.8) is 0 Å². The summed E-state index contributed by atoms with van der Waals surface area (Å²) in [6.45, 7) is 1.72. The van der Waals surface area contributed by atoms with Gasteiger partial charge in [-0.05, 0) is 19.1 Å². The van der Waals surface area contributed by atoms with Gasteiger partial charge >= 0.3 is 0 Å². The molecule has 0 spiro atoms. The molecule has 2 nitrogen and oxygen atoms in total. The van der Waals surface area contributed by atoms with E-state index in [2.05, 4.69) is 0 Å². The first kappa shape index (κ1) is 10.7. The van der Waals surface area contributed by atoms with E-state index < -0.39 is 0 Å². The van der Waals surface area contributed by atoms with Gasteiger partial charge in [0.25, 0.3) is 0 Å². The lowest BCUT2D eigenvalue weighted by Gasteiger charge is -2.03. The first-order valence-corrected chi connectivity index (χ1v) is 4.70. The van der Waals surface area contributed by atoms with E-state index in [1.54, 1.807) is 31.2 Å². The van der Waals surface area contributed by atoms with Gasteiger partial charge in [0.1, 0.15) is 0 Å². The fourth-order valence-electron chi connectivity index (χ4n) is 1.12. The second-order valence-electron chi connectivity index (χ2n) is 3.14. The van der Waals surface area contributed by atoms with Gasteiger partial charge in [0.15, 0.2) is 5.78 Å². The largest absolute Gasteiger partial charge is 0.294 e. The Balaban J connectivity index is 2.81. The summed E-state index contributed by atoms with van der Waals surface area (Å²) in [7, 11) is 0. The molecule has 1 unspecified atom stereocenters. The molecule has 0 aromatic heterocycles. The van der Waals surface area contributed by atoms with Gasteiger partial charge in [-0.25, -0.2) is 0 Å². The van der Waals surface area contributed by atoms with Crippen LogP contribution in [-0.2, 0) is 0 Å². The molecule has 1 rings (SSSR count). The number of benzene rings is 1. The summed E-state index contributed by atoms with van der Waals surface area (Å²) in [5.74, 6) is -0.344. The minimum atomic E-state index is -0.265. The quantitative estimate of drug-likeness (QED) is 0.715. The van der Waals surface area contributed by atoms with Gasteiger partial charge in [-0.3, -0.25) is 4.79 Å². The van der Waals surface area contributed by atoms with Gasteiger partial charge in [0.05, 0.1) is 17.0 Å². The van der Waals surface area contributed by atoms with Crippen molar-refractivity contribution in [3.8, 4) is 6.07 Å². The molecule has 0 saturated carbocycles. The Bertz CT molecular complexity index is 381. The molecular weight excluding hydrogens is 198 g/mol. The van der Waals surface area contributed by atoms with Crippen LogP contribution in [0.1, 0.15) is 23.7 Å². The molecule has 0 aliphatic heterocycles. The summed E-state index contributed by atoms with van der Waals surface area (Å²) in [4.78, 5) is 11.6. The summed E-state index contributed by atoms with van der Waals surface area (Å²) in [6.07, 6.45) is 0.222. The Morgan fingerprint density at radius 1 is 1.57 bits per heavy atom. The van der Waals surface area contributed by atoms with Crippen molar-refractivity contribution in [3.05, 3.63) is 34.9 Å². The average Bonchev–Trinajstić information content (AvgIpc) is 2.18. The van der Waals surface area contributed by atoms with Gasteiger partial charge in [-0.15, -0.1) is 0 Å². The molecule has 0 heterocycles. The maximum absolute atomic E-state index is 11.6. The van der Waals surface area contributed by atoms with Gasteiger partial charge in [0.2, 0.25) is 0 Å². The zero-order valence-corrected chi connectivity index (χ0v) is 8.58. The Kier molecular flexibility index (Phi) is 3.67. The first-order chi connectivity index (χ1) is 6.65. The van der Waals surface area contributed by atoms with Gasteiger partial charge in [0, 0.05) is 12.0 Å². The number of hydrogen-bond donors (Lipinski definition) is 0. The molecule has 0 radical (unpaired) electrons. The highest BCUT2D eigenvalue weighted by Gasteiger charge is 2.12. The Morgan fingerprint density at radius 3 is 2.79 bits per heavy atom. The van der Waals surface area contributed by atoms with Crippen molar-refractivity contribution in [2.45, 2.75) is 13.3 Å². The lowest BCUT2D eigenvalue weighted by Crippen LogP contribution is -2.04. The molecule has 0 amide bonds. The van der Waals surface area contributed by atoms with Crippen LogP contribution in [0.15, 0.2) is 24.3 Å². The van der Waals surface area contributed by atoms with E-state index >= 15 is 0 Å². The van der Waals surface area contributed by atoms with Crippen LogP contribution in [0.4, 0.5) is 0 Å². The third-order valence-corrected chi connectivity index (χ3v) is 2.22. The number of halogens is 1. The van der Waals surface area contributed by atoms with Crippen LogP contribution in [0.5, 0.6) is 0 Å². The highest BCUT2D eigenvalue weighted by atomic mass is 35.5. The molecule has 0 N–H and O–H groups in total. The minimum Gasteiger partial charge on any atom is -0.294 e. The Hall–Kier alpha value is -1.33. The topological polar surface area (TPSA) is 40.9 Å². The molecule has 3 heteroatoms. The number of nitriles is 1.